The van der Waals surface area contributed by atoms with Gasteiger partial charge in [0.05, 0.1) is 16.0 Å². The summed E-state index contributed by atoms with van der Waals surface area (Å²) in [7, 11) is 0. The number of hydrogen-bond acceptors (Lipinski definition) is 5. The van der Waals surface area contributed by atoms with Crippen LogP contribution in [0.5, 0.6) is 0 Å². The number of allylic oxidation sites excluding steroid dienone is 3. The molecule has 0 radical (unpaired) electrons. The molecule has 3 N–H and O–H groups in total. The van der Waals surface area contributed by atoms with E-state index in [1.165, 1.54) is 17.7 Å². The van der Waals surface area contributed by atoms with Crippen LogP contribution in [0.4, 0.5) is 0 Å². The van der Waals surface area contributed by atoms with Crippen LogP contribution in [0, 0.1) is 0 Å². The van der Waals surface area contributed by atoms with Crippen LogP contribution >= 0.6 is 11.3 Å². The van der Waals surface area contributed by atoms with Gasteiger partial charge in [0.25, 0.3) is 5.91 Å². The number of H-pyrrole nitrogens is 1. The maximum absolute atomic E-state index is 12.6. The van der Waals surface area contributed by atoms with E-state index in [4.69, 9.17) is 0 Å². The molecular formula is C25H35N5OS. The zero-order valence-corrected chi connectivity index (χ0v) is 20.6. The lowest BCUT2D eigenvalue weighted by Gasteiger charge is -2.13. The predicted octanol–water partition coefficient (Wildman–Crippen LogP) is 6.07. The van der Waals surface area contributed by atoms with E-state index in [0.717, 1.165) is 30.1 Å². The Morgan fingerprint density at radius 2 is 2.03 bits per heavy atom. The number of nitrogens with one attached hydrogen (secondary N) is 3. The van der Waals surface area contributed by atoms with E-state index < -0.39 is 0 Å². The van der Waals surface area contributed by atoms with Crippen molar-refractivity contribution in [2.24, 2.45) is 0 Å². The summed E-state index contributed by atoms with van der Waals surface area (Å²) in [6, 6.07) is 5.70. The van der Waals surface area contributed by atoms with E-state index in [1.54, 1.807) is 23.6 Å². The van der Waals surface area contributed by atoms with Gasteiger partial charge in [-0.05, 0) is 48.9 Å². The molecule has 0 aliphatic carbocycles. The Balaban J connectivity index is 0.000000671. The highest BCUT2D eigenvalue weighted by Crippen LogP contribution is 2.25. The second-order valence-corrected chi connectivity index (χ2v) is 8.12. The van der Waals surface area contributed by atoms with Crippen molar-refractivity contribution in [3.05, 3.63) is 58.8 Å². The standard InChI is InChI=1S/C20H21N5OS.C3H8.C2H6/c1-13-12-14(6-9-21-13)4-2-8-23-20(26)15-7-10-22-19-17(15)24-18(25-19)16-5-3-11-27-16;1-3-2;1-2/h3,5-7,10-12,21H,2,4,8-9H2,1H3,(H,23,26)(H,22,24,25);3H2,1-2H3;1-2H3. The van der Waals surface area contributed by atoms with Crippen molar-refractivity contribution in [1.29, 1.82) is 0 Å². The van der Waals surface area contributed by atoms with Crippen LogP contribution in [-0.4, -0.2) is 33.9 Å². The first-order valence-corrected chi connectivity index (χ1v) is 12.3. The molecule has 0 bridgehead atoms. The lowest BCUT2D eigenvalue weighted by molar-refractivity contribution is 0.0954. The normalized spacial score (nSPS) is 12.4. The van der Waals surface area contributed by atoms with Gasteiger partial charge < -0.3 is 15.6 Å². The van der Waals surface area contributed by atoms with Gasteiger partial charge in [0.2, 0.25) is 0 Å². The smallest absolute Gasteiger partial charge is 0.253 e. The molecular weight excluding hydrogens is 418 g/mol. The van der Waals surface area contributed by atoms with Crippen molar-refractivity contribution >= 4 is 28.4 Å². The molecule has 1 amide bonds. The molecule has 4 rings (SSSR count). The second kappa shape index (κ2) is 13.5. The van der Waals surface area contributed by atoms with E-state index in [2.05, 4.69) is 58.5 Å². The molecule has 1 aliphatic heterocycles. The topological polar surface area (TPSA) is 82.7 Å². The van der Waals surface area contributed by atoms with Gasteiger partial charge in [-0.2, -0.15) is 0 Å². The number of carbonyl (C=O) groups is 1. The van der Waals surface area contributed by atoms with Crippen molar-refractivity contribution in [3.8, 4) is 10.7 Å². The minimum absolute atomic E-state index is 0.102. The number of aromatic nitrogens is 3. The molecule has 0 atom stereocenters. The number of imidazole rings is 1. The highest BCUT2D eigenvalue weighted by Gasteiger charge is 2.15. The number of pyridine rings is 1. The average Bonchev–Trinajstić information content (AvgIpc) is 3.48. The summed E-state index contributed by atoms with van der Waals surface area (Å²) >= 11 is 1.60. The molecule has 0 saturated carbocycles. The van der Waals surface area contributed by atoms with Crippen LogP contribution in [0.25, 0.3) is 21.9 Å². The van der Waals surface area contributed by atoms with Gasteiger partial charge in [-0.25, -0.2) is 9.97 Å². The quantitative estimate of drug-likeness (QED) is 0.395. The highest BCUT2D eigenvalue weighted by molar-refractivity contribution is 7.13. The van der Waals surface area contributed by atoms with Crippen molar-refractivity contribution in [2.45, 2.75) is 53.9 Å². The summed E-state index contributed by atoms with van der Waals surface area (Å²) in [4.78, 5) is 25.7. The van der Waals surface area contributed by atoms with Gasteiger partial charge in [-0.15, -0.1) is 11.3 Å². The number of fused-ring (bicyclic) bond motifs is 1. The number of carbonyl (C=O) groups excluding carboxylic acids is 1. The summed E-state index contributed by atoms with van der Waals surface area (Å²) in [5.74, 6) is 0.641. The zero-order valence-electron chi connectivity index (χ0n) is 19.8. The summed E-state index contributed by atoms with van der Waals surface area (Å²) < 4.78 is 0. The van der Waals surface area contributed by atoms with Crippen LogP contribution < -0.4 is 10.6 Å². The molecule has 32 heavy (non-hydrogen) atoms. The van der Waals surface area contributed by atoms with Crippen molar-refractivity contribution in [3.63, 3.8) is 0 Å². The van der Waals surface area contributed by atoms with Crippen LogP contribution in [0.1, 0.15) is 64.2 Å². The molecule has 0 spiro atoms. The van der Waals surface area contributed by atoms with Gasteiger partial charge in [0.1, 0.15) is 0 Å². The number of hydrogen-bond donors (Lipinski definition) is 3. The lowest BCUT2D eigenvalue weighted by atomic mass is 10.1. The number of rotatable bonds is 6. The van der Waals surface area contributed by atoms with E-state index in [-0.39, 0.29) is 5.91 Å². The minimum atomic E-state index is -0.102. The molecule has 1 aliphatic rings. The van der Waals surface area contributed by atoms with Gasteiger partial charge in [0.15, 0.2) is 11.5 Å². The molecule has 3 aromatic rings. The summed E-state index contributed by atoms with van der Waals surface area (Å²) in [6.45, 7) is 11.8. The van der Waals surface area contributed by atoms with E-state index >= 15 is 0 Å². The minimum Gasteiger partial charge on any atom is -0.385 e. The molecule has 0 saturated heterocycles. The SMILES string of the molecule is CC.CC1=CC(CCCNC(=O)c2ccnc3nc(-c4cccs4)[nH]c23)=CCN1.CCC. The predicted molar refractivity (Wildman–Crippen MR) is 136 cm³/mol. The summed E-state index contributed by atoms with van der Waals surface area (Å²) in [5, 5.41) is 8.28. The maximum atomic E-state index is 12.6. The molecule has 0 unspecified atom stereocenters. The fourth-order valence-electron chi connectivity index (χ4n) is 3.13. The Hall–Kier alpha value is -2.93. The molecule has 7 heteroatoms. The van der Waals surface area contributed by atoms with E-state index in [9.17, 15) is 4.79 Å². The fourth-order valence-corrected chi connectivity index (χ4v) is 3.79. The lowest BCUT2D eigenvalue weighted by Crippen LogP contribution is -2.25. The van der Waals surface area contributed by atoms with Crippen molar-refractivity contribution in [1.82, 2.24) is 25.6 Å². The Bertz CT molecular complexity index is 1030. The largest absolute Gasteiger partial charge is 0.385 e. The first-order chi connectivity index (χ1) is 15.6. The third-order valence-electron chi connectivity index (χ3n) is 4.47. The maximum Gasteiger partial charge on any atom is 0.253 e. The second-order valence-electron chi connectivity index (χ2n) is 7.17. The Labute approximate surface area is 195 Å². The molecule has 0 aromatic carbocycles. The average molecular weight is 454 g/mol. The molecule has 4 heterocycles. The Morgan fingerprint density at radius 3 is 2.72 bits per heavy atom. The van der Waals surface area contributed by atoms with E-state index in [0.29, 0.717) is 23.3 Å². The number of aromatic amines is 1. The molecule has 3 aromatic heterocycles. The van der Waals surface area contributed by atoms with Crippen molar-refractivity contribution in [2.75, 3.05) is 13.1 Å². The highest BCUT2D eigenvalue weighted by atomic mass is 32.1. The first kappa shape index (κ1) is 25.3. The van der Waals surface area contributed by atoms with Gasteiger partial charge in [-0.3, -0.25) is 4.79 Å². The molecule has 0 fully saturated rings. The zero-order chi connectivity index (χ0) is 23.3. The van der Waals surface area contributed by atoms with Gasteiger partial charge in [-0.1, -0.05) is 46.3 Å². The summed E-state index contributed by atoms with van der Waals surface area (Å²) in [6.07, 6.45) is 9.09. The first-order valence-electron chi connectivity index (χ1n) is 11.4. The summed E-state index contributed by atoms with van der Waals surface area (Å²) in [5.41, 5.74) is 4.33. The van der Waals surface area contributed by atoms with E-state index in [1.807, 2.05) is 31.4 Å². The van der Waals surface area contributed by atoms with Crippen LogP contribution in [0.3, 0.4) is 0 Å². The third-order valence-corrected chi connectivity index (χ3v) is 5.34. The number of thiophene rings is 1. The van der Waals surface area contributed by atoms with Crippen LogP contribution in [0.15, 0.2) is 53.2 Å². The van der Waals surface area contributed by atoms with Gasteiger partial charge >= 0.3 is 0 Å². The number of dihydropyridines is 1. The fraction of sp³-hybridized carbons (Fsp3) is 0.400. The van der Waals surface area contributed by atoms with Crippen LogP contribution in [-0.2, 0) is 0 Å². The third kappa shape index (κ3) is 7.05. The van der Waals surface area contributed by atoms with Crippen molar-refractivity contribution < 1.29 is 4.79 Å². The van der Waals surface area contributed by atoms with Crippen LogP contribution in [0.2, 0.25) is 0 Å². The monoisotopic (exact) mass is 453 g/mol. The number of nitrogens with zero attached hydrogens (tertiary/aromatic N) is 2. The Morgan fingerprint density at radius 1 is 1.25 bits per heavy atom. The molecule has 6 nitrogen and oxygen atoms in total. The number of amides is 1. The van der Waals surface area contributed by atoms with Gasteiger partial charge in [0, 0.05) is 25.0 Å². The Kier molecular flexibility index (Phi) is 10.7. The molecule has 172 valence electrons.